The molecule has 1 N–H and O–H groups in total. The standard InChI is InChI=1S/C37H41FN2O4/c1-2-3-23-42-33-16-12-31(13-17-33)37(41,30-10-14-32(38)15-11-30)34(29-7-5-4-6-8-29)26-40-21-19-39(20-22-40)25-28-9-18-35-36(24-28)44-27-43-35/h4-18,24,34,41H,2-3,19-23,25-27H2,1H3. The van der Waals surface area contributed by atoms with E-state index in [2.05, 4.69) is 41.0 Å². The lowest BCUT2D eigenvalue weighted by Crippen LogP contribution is -2.49. The maximum atomic E-state index is 14.1. The highest BCUT2D eigenvalue weighted by atomic mass is 19.1. The predicted octanol–water partition coefficient (Wildman–Crippen LogP) is 6.57. The number of halogens is 1. The molecule has 0 radical (unpaired) electrons. The molecule has 0 aromatic heterocycles. The lowest BCUT2D eigenvalue weighted by molar-refractivity contribution is 0.0241. The minimum atomic E-state index is -1.40. The molecule has 6 nitrogen and oxygen atoms in total. The van der Waals surface area contributed by atoms with Gasteiger partial charge < -0.3 is 24.2 Å². The second kappa shape index (κ2) is 13.8. The second-order valence-electron chi connectivity index (χ2n) is 11.7. The molecule has 0 spiro atoms. The molecule has 0 aliphatic carbocycles. The van der Waals surface area contributed by atoms with Crippen molar-refractivity contribution in [2.45, 2.75) is 37.8 Å². The van der Waals surface area contributed by atoms with E-state index in [4.69, 9.17) is 14.2 Å². The Morgan fingerprint density at radius 3 is 2.18 bits per heavy atom. The molecule has 2 unspecified atom stereocenters. The van der Waals surface area contributed by atoms with Gasteiger partial charge in [0, 0.05) is 45.2 Å². The van der Waals surface area contributed by atoms with Gasteiger partial charge in [-0.3, -0.25) is 4.90 Å². The quantitative estimate of drug-likeness (QED) is 0.187. The normalized spacial score (nSPS) is 17.2. The summed E-state index contributed by atoms with van der Waals surface area (Å²) < 4.78 is 31.1. The van der Waals surface area contributed by atoms with Gasteiger partial charge in [0.25, 0.3) is 0 Å². The average Bonchev–Trinajstić information content (AvgIpc) is 3.53. The number of benzene rings is 4. The first-order valence-electron chi connectivity index (χ1n) is 15.6. The number of unbranched alkanes of at least 4 members (excludes halogenated alkanes) is 1. The topological polar surface area (TPSA) is 54.4 Å². The van der Waals surface area contributed by atoms with Gasteiger partial charge in [-0.1, -0.05) is 74.0 Å². The maximum absolute atomic E-state index is 14.1. The summed E-state index contributed by atoms with van der Waals surface area (Å²) in [6.07, 6.45) is 2.05. The smallest absolute Gasteiger partial charge is 0.231 e. The Hall–Kier alpha value is -3.91. The van der Waals surface area contributed by atoms with Gasteiger partial charge in [-0.2, -0.15) is 0 Å². The first-order valence-corrected chi connectivity index (χ1v) is 15.6. The lowest BCUT2D eigenvalue weighted by atomic mass is 9.72. The van der Waals surface area contributed by atoms with E-state index in [1.54, 1.807) is 12.1 Å². The van der Waals surface area contributed by atoms with Crippen molar-refractivity contribution < 1.29 is 23.7 Å². The van der Waals surface area contributed by atoms with E-state index in [9.17, 15) is 9.50 Å². The minimum absolute atomic E-state index is 0.279. The molecule has 4 aromatic carbocycles. The number of hydrogen-bond acceptors (Lipinski definition) is 6. The van der Waals surface area contributed by atoms with Crippen LogP contribution in [-0.4, -0.2) is 61.0 Å². The van der Waals surface area contributed by atoms with Gasteiger partial charge in [0.1, 0.15) is 17.2 Å². The molecule has 4 aromatic rings. The Morgan fingerprint density at radius 1 is 0.818 bits per heavy atom. The van der Waals surface area contributed by atoms with Crippen molar-refractivity contribution in [1.82, 2.24) is 9.80 Å². The van der Waals surface area contributed by atoms with Crippen LogP contribution in [0.3, 0.4) is 0 Å². The molecule has 2 heterocycles. The molecule has 1 fully saturated rings. The van der Waals surface area contributed by atoms with Crippen molar-refractivity contribution in [2.75, 3.05) is 46.1 Å². The molecular formula is C37H41FN2O4. The molecule has 0 saturated carbocycles. The predicted molar refractivity (Wildman–Crippen MR) is 170 cm³/mol. The van der Waals surface area contributed by atoms with Gasteiger partial charge in [0.05, 0.1) is 6.61 Å². The van der Waals surface area contributed by atoms with Gasteiger partial charge in [-0.15, -0.1) is 0 Å². The Morgan fingerprint density at radius 2 is 1.48 bits per heavy atom. The van der Waals surface area contributed by atoms with Crippen LogP contribution < -0.4 is 14.2 Å². The molecule has 0 amide bonds. The summed E-state index contributed by atoms with van der Waals surface area (Å²) in [7, 11) is 0. The fraction of sp³-hybridized carbons (Fsp3) is 0.351. The van der Waals surface area contributed by atoms with Crippen LogP contribution >= 0.6 is 0 Å². The van der Waals surface area contributed by atoms with Crippen LogP contribution in [0, 0.1) is 5.82 Å². The molecule has 7 heteroatoms. The summed E-state index contributed by atoms with van der Waals surface area (Å²) in [5.74, 6) is 1.76. The van der Waals surface area contributed by atoms with E-state index in [0.717, 1.165) is 73.9 Å². The zero-order chi connectivity index (χ0) is 30.4. The number of fused-ring (bicyclic) bond motifs is 1. The van der Waals surface area contributed by atoms with Gasteiger partial charge in [0.2, 0.25) is 6.79 Å². The molecule has 2 aliphatic rings. The van der Waals surface area contributed by atoms with Crippen molar-refractivity contribution in [3.63, 3.8) is 0 Å². The molecule has 230 valence electrons. The Bertz CT molecular complexity index is 1490. The van der Waals surface area contributed by atoms with Crippen LogP contribution in [0.15, 0.2) is 97.1 Å². The van der Waals surface area contributed by atoms with Crippen LogP contribution in [0.25, 0.3) is 0 Å². The molecule has 2 aliphatic heterocycles. The number of rotatable bonds is 12. The maximum Gasteiger partial charge on any atom is 0.231 e. The summed E-state index contributed by atoms with van der Waals surface area (Å²) >= 11 is 0. The fourth-order valence-corrected chi connectivity index (χ4v) is 6.26. The fourth-order valence-electron chi connectivity index (χ4n) is 6.26. The van der Waals surface area contributed by atoms with Crippen molar-refractivity contribution in [3.05, 3.63) is 125 Å². The summed E-state index contributed by atoms with van der Waals surface area (Å²) in [6, 6.07) is 30.4. The van der Waals surface area contributed by atoms with Gasteiger partial charge in [-0.25, -0.2) is 4.39 Å². The first kappa shape index (κ1) is 30.1. The third kappa shape index (κ3) is 6.75. The zero-order valence-corrected chi connectivity index (χ0v) is 25.3. The summed E-state index contributed by atoms with van der Waals surface area (Å²) in [6.45, 7) is 8.13. The monoisotopic (exact) mass is 596 g/mol. The number of aliphatic hydroxyl groups is 1. The molecule has 1 saturated heterocycles. The van der Waals surface area contributed by atoms with E-state index in [0.29, 0.717) is 18.7 Å². The van der Waals surface area contributed by atoms with Crippen LogP contribution in [-0.2, 0) is 12.1 Å². The summed E-state index contributed by atoms with van der Waals surface area (Å²) in [4.78, 5) is 4.89. The van der Waals surface area contributed by atoms with Gasteiger partial charge >= 0.3 is 0 Å². The van der Waals surface area contributed by atoms with Gasteiger partial charge in [0.15, 0.2) is 11.5 Å². The van der Waals surface area contributed by atoms with Crippen molar-refractivity contribution in [1.29, 1.82) is 0 Å². The Balaban J connectivity index is 1.24. The molecular weight excluding hydrogens is 555 g/mol. The third-order valence-corrected chi connectivity index (χ3v) is 8.80. The second-order valence-corrected chi connectivity index (χ2v) is 11.7. The first-order chi connectivity index (χ1) is 21.5. The van der Waals surface area contributed by atoms with E-state index in [-0.39, 0.29) is 18.5 Å². The molecule has 6 rings (SSSR count). The van der Waals surface area contributed by atoms with Crippen LogP contribution in [0.4, 0.5) is 4.39 Å². The van der Waals surface area contributed by atoms with E-state index in [1.165, 1.54) is 17.7 Å². The van der Waals surface area contributed by atoms with Crippen molar-refractivity contribution in [3.8, 4) is 17.2 Å². The van der Waals surface area contributed by atoms with E-state index in [1.807, 2.05) is 48.5 Å². The molecule has 2 atom stereocenters. The average molecular weight is 597 g/mol. The number of ether oxygens (including phenoxy) is 3. The van der Waals surface area contributed by atoms with Crippen molar-refractivity contribution in [2.24, 2.45) is 0 Å². The number of piperazine rings is 1. The zero-order valence-electron chi connectivity index (χ0n) is 25.3. The SMILES string of the molecule is CCCCOc1ccc(C(O)(c2ccc(F)cc2)C(CN2CCN(Cc3ccc4c(c3)OCO4)CC2)c2ccccc2)cc1. The van der Waals surface area contributed by atoms with E-state index >= 15 is 0 Å². The van der Waals surface area contributed by atoms with Crippen LogP contribution in [0.5, 0.6) is 17.2 Å². The summed E-state index contributed by atoms with van der Waals surface area (Å²) in [5.41, 5.74) is 2.25. The highest BCUT2D eigenvalue weighted by Gasteiger charge is 2.42. The summed E-state index contributed by atoms with van der Waals surface area (Å²) in [5, 5.41) is 12.9. The highest BCUT2D eigenvalue weighted by molar-refractivity contribution is 5.45. The van der Waals surface area contributed by atoms with Gasteiger partial charge in [-0.05, 0) is 65.1 Å². The molecule has 0 bridgehead atoms. The van der Waals surface area contributed by atoms with Crippen molar-refractivity contribution >= 4 is 0 Å². The molecule has 44 heavy (non-hydrogen) atoms. The number of hydrogen-bond donors (Lipinski definition) is 1. The Kier molecular flexibility index (Phi) is 9.45. The van der Waals surface area contributed by atoms with Crippen LogP contribution in [0.2, 0.25) is 0 Å². The third-order valence-electron chi connectivity index (χ3n) is 8.80. The number of nitrogens with zero attached hydrogens (tertiary/aromatic N) is 2. The Labute approximate surface area is 259 Å². The minimum Gasteiger partial charge on any atom is -0.494 e. The highest BCUT2D eigenvalue weighted by Crippen LogP contribution is 2.44. The largest absolute Gasteiger partial charge is 0.494 e. The van der Waals surface area contributed by atoms with E-state index < -0.39 is 5.60 Å². The van der Waals surface area contributed by atoms with Crippen LogP contribution in [0.1, 0.15) is 47.9 Å². The lowest BCUT2D eigenvalue weighted by Gasteiger charge is -2.42.